The Bertz CT molecular complexity index is 636. The quantitative estimate of drug-likeness (QED) is 0.848. The van der Waals surface area contributed by atoms with E-state index in [0.717, 1.165) is 42.7 Å². The standard InChI is InChI=1S/C19H28N2O4/c1-24-13-6-7-16(25-2)14(11-13)18-15-5-3-4-8-19(15,23)9-10-21(18)12-17(20)22/h6-7,11,15,18,23H,3-5,8-10,12H2,1-2H3,(H2,20,22). The van der Waals surface area contributed by atoms with E-state index in [0.29, 0.717) is 13.0 Å². The largest absolute Gasteiger partial charge is 0.497 e. The molecule has 3 rings (SSSR count). The molecule has 1 aliphatic carbocycles. The zero-order valence-corrected chi connectivity index (χ0v) is 15.0. The maximum Gasteiger partial charge on any atom is 0.231 e. The highest BCUT2D eigenvalue weighted by molar-refractivity contribution is 5.76. The Balaban J connectivity index is 2.07. The van der Waals surface area contributed by atoms with Crippen LogP contribution in [0.15, 0.2) is 18.2 Å². The number of rotatable bonds is 5. The second kappa shape index (κ2) is 7.22. The van der Waals surface area contributed by atoms with Gasteiger partial charge in [-0.1, -0.05) is 12.8 Å². The molecular weight excluding hydrogens is 320 g/mol. The summed E-state index contributed by atoms with van der Waals surface area (Å²) in [6.45, 7) is 0.818. The van der Waals surface area contributed by atoms with Crippen LogP contribution < -0.4 is 15.2 Å². The molecule has 3 N–H and O–H groups in total. The lowest BCUT2D eigenvalue weighted by atomic mass is 9.66. The summed E-state index contributed by atoms with van der Waals surface area (Å²) in [5.74, 6) is 1.18. The number of hydrogen-bond donors (Lipinski definition) is 2. The van der Waals surface area contributed by atoms with E-state index in [9.17, 15) is 9.90 Å². The number of hydrogen-bond acceptors (Lipinski definition) is 5. The summed E-state index contributed by atoms with van der Waals surface area (Å²) in [5, 5.41) is 11.2. The fraction of sp³-hybridized carbons (Fsp3) is 0.632. The Hall–Kier alpha value is -1.79. The zero-order chi connectivity index (χ0) is 18.0. The predicted octanol–water partition coefficient (Wildman–Crippen LogP) is 1.86. The molecular formula is C19H28N2O4. The molecule has 25 heavy (non-hydrogen) atoms. The number of carbonyl (C=O) groups is 1. The molecule has 2 fully saturated rings. The van der Waals surface area contributed by atoms with Crippen molar-refractivity contribution in [2.45, 2.75) is 43.7 Å². The Morgan fingerprint density at radius 3 is 2.80 bits per heavy atom. The Morgan fingerprint density at radius 2 is 2.12 bits per heavy atom. The van der Waals surface area contributed by atoms with Gasteiger partial charge >= 0.3 is 0 Å². The van der Waals surface area contributed by atoms with Crippen LogP contribution in [0.3, 0.4) is 0 Å². The first-order valence-electron chi connectivity index (χ1n) is 8.95. The second-order valence-corrected chi connectivity index (χ2v) is 7.20. The third-order valence-electron chi connectivity index (χ3n) is 5.79. The Kier molecular flexibility index (Phi) is 5.20. The van der Waals surface area contributed by atoms with Crippen molar-refractivity contribution in [3.8, 4) is 11.5 Å². The number of amides is 1. The van der Waals surface area contributed by atoms with Gasteiger partial charge in [-0.25, -0.2) is 0 Å². The summed E-state index contributed by atoms with van der Waals surface area (Å²) >= 11 is 0. The van der Waals surface area contributed by atoms with Crippen LogP contribution in [0, 0.1) is 5.92 Å². The summed E-state index contributed by atoms with van der Waals surface area (Å²) in [7, 11) is 3.27. The minimum absolute atomic E-state index is 0.0513. The normalized spacial score (nSPS) is 29.7. The van der Waals surface area contributed by atoms with E-state index < -0.39 is 5.60 Å². The zero-order valence-electron chi connectivity index (χ0n) is 15.0. The van der Waals surface area contributed by atoms with Gasteiger partial charge in [0.15, 0.2) is 0 Å². The van der Waals surface area contributed by atoms with Crippen molar-refractivity contribution in [2.24, 2.45) is 11.7 Å². The van der Waals surface area contributed by atoms with Gasteiger partial charge in [0, 0.05) is 24.1 Å². The highest BCUT2D eigenvalue weighted by Gasteiger charge is 2.49. The van der Waals surface area contributed by atoms with Crippen molar-refractivity contribution in [3.63, 3.8) is 0 Å². The molecule has 1 aromatic carbocycles. The van der Waals surface area contributed by atoms with Gasteiger partial charge < -0.3 is 20.3 Å². The van der Waals surface area contributed by atoms with Gasteiger partial charge in [0.1, 0.15) is 11.5 Å². The van der Waals surface area contributed by atoms with Crippen LogP contribution in [0.1, 0.15) is 43.7 Å². The number of aliphatic hydroxyl groups is 1. The number of nitrogens with two attached hydrogens (primary N) is 1. The average molecular weight is 348 g/mol. The molecule has 3 atom stereocenters. The minimum atomic E-state index is -0.689. The molecule has 1 saturated heterocycles. The van der Waals surface area contributed by atoms with Crippen LogP contribution in [0.2, 0.25) is 0 Å². The molecule has 6 heteroatoms. The summed E-state index contributed by atoms with van der Waals surface area (Å²) in [4.78, 5) is 13.7. The van der Waals surface area contributed by atoms with Crippen LogP contribution >= 0.6 is 0 Å². The number of benzene rings is 1. The van der Waals surface area contributed by atoms with Gasteiger partial charge in [-0.05, 0) is 37.5 Å². The van der Waals surface area contributed by atoms with Crippen molar-refractivity contribution in [1.29, 1.82) is 0 Å². The molecule has 0 spiro atoms. The summed E-state index contributed by atoms with van der Waals surface area (Å²) in [6, 6.07) is 5.58. The van der Waals surface area contributed by atoms with E-state index in [1.54, 1.807) is 14.2 Å². The monoisotopic (exact) mass is 348 g/mol. The van der Waals surface area contributed by atoms with Crippen molar-refractivity contribution in [3.05, 3.63) is 23.8 Å². The Labute approximate surface area is 148 Å². The predicted molar refractivity (Wildman–Crippen MR) is 94.6 cm³/mol. The third kappa shape index (κ3) is 3.46. The van der Waals surface area contributed by atoms with Crippen molar-refractivity contribution >= 4 is 5.91 Å². The molecule has 3 unspecified atom stereocenters. The highest BCUT2D eigenvalue weighted by Crippen LogP contribution is 2.51. The van der Waals surface area contributed by atoms with E-state index >= 15 is 0 Å². The van der Waals surface area contributed by atoms with Crippen LogP contribution in [-0.2, 0) is 4.79 Å². The van der Waals surface area contributed by atoms with E-state index in [2.05, 4.69) is 4.90 Å². The number of carbonyl (C=O) groups excluding carboxylic acids is 1. The van der Waals surface area contributed by atoms with Crippen LogP contribution in [0.25, 0.3) is 0 Å². The third-order valence-corrected chi connectivity index (χ3v) is 5.79. The SMILES string of the molecule is COc1ccc(OC)c(C2C3CCCCC3(O)CCN2CC(N)=O)c1. The van der Waals surface area contributed by atoms with Gasteiger partial charge in [-0.2, -0.15) is 0 Å². The topological polar surface area (TPSA) is 85.0 Å². The van der Waals surface area contributed by atoms with Gasteiger partial charge in [-0.3, -0.25) is 9.69 Å². The fourth-order valence-corrected chi connectivity index (χ4v) is 4.60. The first kappa shape index (κ1) is 18.0. The van der Waals surface area contributed by atoms with Crippen LogP contribution in [-0.4, -0.2) is 48.8 Å². The first-order valence-corrected chi connectivity index (χ1v) is 8.95. The molecule has 1 aliphatic heterocycles. The van der Waals surface area contributed by atoms with Crippen molar-refractivity contribution in [1.82, 2.24) is 4.90 Å². The number of ether oxygens (including phenoxy) is 2. The molecule has 1 aromatic rings. The smallest absolute Gasteiger partial charge is 0.231 e. The number of likely N-dealkylation sites (tertiary alicyclic amines) is 1. The molecule has 1 heterocycles. The average Bonchev–Trinajstić information content (AvgIpc) is 2.60. The number of methoxy groups -OCH3 is 2. The maximum absolute atomic E-state index is 11.6. The van der Waals surface area contributed by atoms with Crippen LogP contribution in [0.5, 0.6) is 11.5 Å². The fourth-order valence-electron chi connectivity index (χ4n) is 4.60. The van der Waals surface area contributed by atoms with Crippen molar-refractivity contribution < 1.29 is 19.4 Å². The molecule has 1 amide bonds. The molecule has 0 aromatic heterocycles. The van der Waals surface area contributed by atoms with Gasteiger partial charge in [0.2, 0.25) is 5.91 Å². The lowest BCUT2D eigenvalue weighted by Crippen LogP contribution is -2.56. The molecule has 6 nitrogen and oxygen atoms in total. The number of nitrogens with zero attached hydrogens (tertiary/aromatic N) is 1. The Morgan fingerprint density at radius 1 is 1.32 bits per heavy atom. The molecule has 1 saturated carbocycles. The minimum Gasteiger partial charge on any atom is -0.497 e. The second-order valence-electron chi connectivity index (χ2n) is 7.20. The van der Waals surface area contributed by atoms with Crippen LogP contribution in [0.4, 0.5) is 0 Å². The highest BCUT2D eigenvalue weighted by atomic mass is 16.5. The first-order chi connectivity index (χ1) is 12.0. The number of primary amides is 1. The summed E-state index contributed by atoms with van der Waals surface area (Å²) in [6.07, 6.45) is 4.54. The molecule has 2 aliphatic rings. The molecule has 0 bridgehead atoms. The molecule has 0 radical (unpaired) electrons. The number of fused-ring (bicyclic) bond motifs is 1. The van der Waals surface area contributed by atoms with E-state index in [1.165, 1.54) is 0 Å². The van der Waals surface area contributed by atoms with Gasteiger partial charge in [-0.15, -0.1) is 0 Å². The van der Waals surface area contributed by atoms with E-state index in [-0.39, 0.29) is 24.4 Å². The van der Waals surface area contributed by atoms with Gasteiger partial charge in [0.05, 0.1) is 26.4 Å². The lowest BCUT2D eigenvalue weighted by molar-refractivity contribution is -0.136. The van der Waals surface area contributed by atoms with Crippen molar-refractivity contribution in [2.75, 3.05) is 27.3 Å². The number of piperidine rings is 1. The maximum atomic E-state index is 11.6. The van der Waals surface area contributed by atoms with Gasteiger partial charge in [0.25, 0.3) is 0 Å². The van der Waals surface area contributed by atoms with E-state index in [1.807, 2.05) is 18.2 Å². The summed E-state index contributed by atoms with van der Waals surface area (Å²) < 4.78 is 11.0. The summed E-state index contributed by atoms with van der Waals surface area (Å²) in [5.41, 5.74) is 5.75. The van der Waals surface area contributed by atoms with E-state index in [4.69, 9.17) is 15.2 Å². The lowest BCUT2D eigenvalue weighted by Gasteiger charge is -2.52. The molecule has 138 valence electrons.